The van der Waals surface area contributed by atoms with Crippen LogP contribution in [0.25, 0.3) is 0 Å². The second-order valence-electron chi connectivity index (χ2n) is 3.50. The molecule has 1 rings (SSSR count). The number of nitrogens with zero attached hydrogens (tertiary/aromatic N) is 2. The number of hydrogen-bond donors (Lipinski definition) is 0. The minimum Gasteiger partial charge on any atom is -0.492 e. The Morgan fingerprint density at radius 2 is 2.12 bits per heavy atom. The molecule has 1 aliphatic heterocycles. The Hall–Kier alpha value is -1.78. The van der Waals surface area contributed by atoms with E-state index >= 15 is 0 Å². The van der Waals surface area contributed by atoms with Gasteiger partial charge < -0.3 is 14.4 Å². The van der Waals surface area contributed by atoms with Crippen molar-refractivity contribution in [1.82, 2.24) is 4.90 Å². The van der Waals surface area contributed by atoms with Crippen molar-refractivity contribution in [3.8, 4) is 0 Å². The van der Waals surface area contributed by atoms with Gasteiger partial charge in [-0.15, -0.1) is 0 Å². The zero-order valence-electron chi connectivity index (χ0n) is 10.0. The average Bonchev–Trinajstić information content (AvgIpc) is 2.26. The number of carbonyl (C=O) groups is 1. The predicted octanol–water partition coefficient (Wildman–Crippen LogP) is 0.937. The summed E-state index contributed by atoms with van der Waals surface area (Å²) in [6.07, 6.45) is 0. The van der Waals surface area contributed by atoms with Crippen LogP contribution in [0.15, 0.2) is 28.6 Å². The van der Waals surface area contributed by atoms with Crippen LogP contribution in [0.1, 0.15) is 6.92 Å². The molecule has 0 aliphatic carbocycles. The summed E-state index contributed by atoms with van der Waals surface area (Å²) < 4.78 is 9.87. The molecule has 0 saturated carbocycles. The van der Waals surface area contributed by atoms with Crippen LogP contribution >= 0.6 is 0 Å². The van der Waals surface area contributed by atoms with Gasteiger partial charge in [0.25, 0.3) is 0 Å². The van der Waals surface area contributed by atoms with Gasteiger partial charge in [-0.05, 0) is 12.5 Å². The van der Waals surface area contributed by atoms with Gasteiger partial charge in [-0.3, -0.25) is 4.99 Å². The van der Waals surface area contributed by atoms with E-state index < -0.39 is 5.97 Å². The highest BCUT2D eigenvalue weighted by atomic mass is 16.5. The van der Waals surface area contributed by atoms with Crippen molar-refractivity contribution < 1.29 is 14.3 Å². The number of ether oxygens (including phenoxy) is 2. The lowest BCUT2D eigenvalue weighted by atomic mass is 10.1. The van der Waals surface area contributed by atoms with E-state index in [1.54, 1.807) is 0 Å². The molecule has 88 valence electrons. The third-order valence-corrected chi connectivity index (χ3v) is 2.24. The van der Waals surface area contributed by atoms with E-state index in [-0.39, 0.29) is 5.71 Å². The first-order valence-corrected chi connectivity index (χ1v) is 4.81. The zero-order chi connectivity index (χ0) is 12.3. The van der Waals surface area contributed by atoms with Crippen LogP contribution in [0.4, 0.5) is 0 Å². The van der Waals surface area contributed by atoms with Gasteiger partial charge >= 0.3 is 5.97 Å². The molecule has 5 nitrogen and oxygen atoms in total. The standard InChI is InChI=1S/C11H16N2O3/c1-7(2)9-10(15-4)8(11(14)16-5)12-6-13(9)3/h1,6H2,2-5H3. The van der Waals surface area contributed by atoms with Crippen LogP contribution in [0, 0.1) is 0 Å². The minimum absolute atomic E-state index is 0.209. The average molecular weight is 224 g/mol. The summed E-state index contributed by atoms with van der Waals surface area (Å²) in [5.41, 5.74) is 1.80. The van der Waals surface area contributed by atoms with Gasteiger partial charge in [-0.25, -0.2) is 4.79 Å². The molecular formula is C11H16N2O3. The van der Waals surface area contributed by atoms with Crippen molar-refractivity contribution in [1.29, 1.82) is 0 Å². The second kappa shape index (κ2) is 4.83. The first kappa shape index (κ1) is 12.3. The zero-order valence-corrected chi connectivity index (χ0v) is 10.0. The van der Waals surface area contributed by atoms with Crippen molar-refractivity contribution in [2.45, 2.75) is 6.92 Å². The maximum atomic E-state index is 11.5. The Morgan fingerprint density at radius 3 is 2.56 bits per heavy atom. The molecule has 1 aliphatic rings. The Kier molecular flexibility index (Phi) is 3.71. The first-order valence-electron chi connectivity index (χ1n) is 4.81. The summed E-state index contributed by atoms with van der Waals surface area (Å²) >= 11 is 0. The maximum Gasteiger partial charge on any atom is 0.360 e. The van der Waals surface area contributed by atoms with Crippen LogP contribution < -0.4 is 0 Å². The van der Waals surface area contributed by atoms with E-state index in [9.17, 15) is 4.79 Å². The number of aliphatic imine (C=N–C) groups is 1. The molecule has 0 spiro atoms. The smallest absolute Gasteiger partial charge is 0.360 e. The molecule has 16 heavy (non-hydrogen) atoms. The molecule has 0 bridgehead atoms. The first-order chi connectivity index (χ1) is 7.52. The highest BCUT2D eigenvalue weighted by molar-refractivity contribution is 6.43. The Bertz CT molecular complexity index is 383. The Labute approximate surface area is 95.0 Å². The molecule has 0 N–H and O–H groups in total. The van der Waals surface area contributed by atoms with E-state index in [0.717, 1.165) is 11.3 Å². The molecule has 1 heterocycles. The van der Waals surface area contributed by atoms with Gasteiger partial charge in [0.2, 0.25) is 0 Å². The Balaban J connectivity index is 3.24. The van der Waals surface area contributed by atoms with Gasteiger partial charge in [0, 0.05) is 7.05 Å². The molecule has 0 amide bonds. The molecule has 0 aromatic rings. The fraction of sp³-hybridized carbons (Fsp3) is 0.455. The van der Waals surface area contributed by atoms with Gasteiger partial charge in [0.15, 0.2) is 11.5 Å². The molecule has 0 saturated heterocycles. The highest BCUT2D eigenvalue weighted by Gasteiger charge is 2.27. The number of rotatable bonds is 3. The summed E-state index contributed by atoms with van der Waals surface area (Å²) in [4.78, 5) is 17.5. The van der Waals surface area contributed by atoms with Crippen LogP contribution in [0.2, 0.25) is 0 Å². The maximum absolute atomic E-state index is 11.5. The lowest BCUT2D eigenvalue weighted by molar-refractivity contribution is -0.132. The van der Waals surface area contributed by atoms with Crippen LogP contribution in [0.5, 0.6) is 0 Å². The largest absolute Gasteiger partial charge is 0.492 e. The Morgan fingerprint density at radius 1 is 1.50 bits per heavy atom. The summed E-state index contributed by atoms with van der Waals surface area (Å²) in [5.74, 6) is -0.0863. The van der Waals surface area contributed by atoms with Crippen LogP contribution in [-0.2, 0) is 14.3 Å². The molecular weight excluding hydrogens is 208 g/mol. The number of likely N-dealkylation sites (N-methyl/N-ethyl adjacent to an activating group) is 1. The molecule has 0 unspecified atom stereocenters. The van der Waals surface area contributed by atoms with E-state index in [1.807, 2.05) is 18.9 Å². The van der Waals surface area contributed by atoms with Crippen molar-refractivity contribution >= 4 is 11.7 Å². The molecule has 0 fully saturated rings. The topological polar surface area (TPSA) is 51.1 Å². The lowest BCUT2D eigenvalue weighted by Crippen LogP contribution is -2.32. The summed E-state index contributed by atoms with van der Waals surface area (Å²) in [6, 6.07) is 0. The van der Waals surface area contributed by atoms with Crippen molar-refractivity contribution in [2.75, 3.05) is 27.9 Å². The number of allylic oxidation sites excluding steroid dienone is 1. The summed E-state index contributed by atoms with van der Waals surface area (Å²) in [6.45, 7) is 6.10. The predicted molar refractivity (Wildman–Crippen MR) is 60.9 cm³/mol. The monoisotopic (exact) mass is 224 g/mol. The minimum atomic E-state index is -0.497. The van der Waals surface area contributed by atoms with Gasteiger partial charge in [0.05, 0.1) is 19.9 Å². The number of carbonyl (C=O) groups excluding carboxylic acids is 1. The van der Waals surface area contributed by atoms with Crippen molar-refractivity contribution in [2.24, 2.45) is 4.99 Å². The number of hydrogen-bond acceptors (Lipinski definition) is 5. The van der Waals surface area contributed by atoms with Crippen molar-refractivity contribution in [3.05, 3.63) is 23.6 Å². The number of esters is 1. The number of methoxy groups -OCH3 is 2. The third-order valence-electron chi connectivity index (χ3n) is 2.24. The van der Waals surface area contributed by atoms with Crippen LogP contribution in [0.3, 0.4) is 0 Å². The summed E-state index contributed by atoms with van der Waals surface area (Å²) in [5, 5.41) is 0. The van der Waals surface area contributed by atoms with E-state index in [4.69, 9.17) is 4.74 Å². The summed E-state index contributed by atoms with van der Waals surface area (Å²) in [7, 11) is 4.67. The van der Waals surface area contributed by atoms with E-state index in [0.29, 0.717) is 12.4 Å². The molecule has 5 heteroatoms. The molecule has 0 radical (unpaired) electrons. The molecule has 0 aromatic heterocycles. The van der Waals surface area contributed by atoms with Gasteiger partial charge in [-0.2, -0.15) is 0 Å². The van der Waals surface area contributed by atoms with Crippen LogP contribution in [-0.4, -0.2) is 44.5 Å². The fourth-order valence-electron chi connectivity index (χ4n) is 1.57. The SMILES string of the molecule is C=C(C)C1=C(OC)C(C(=O)OC)=NCN1C. The molecule has 0 atom stereocenters. The lowest BCUT2D eigenvalue weighted by Gasteiger charge is -2.28. The van der Waals surface area contributed by atoms with Gasteiger partial charge in [-0.1, -0.05) is 6.58 Å². The second-order valence-corrected chi connectivity index (χ2v) is 3.50. The fourth-order valence-corrected chi connectivity index (χ4v) is 1.57. The van der Waals surface area contributed by atoms with Crippen molar-refractivity contribution in [3.63, 3.8) is 0 Å². The van der Waals surface area contributed by atoms with E-state index in [2.05, 4.69) is 16.3 Å². The van der Waals surface area contributed by atoms with Gasteiger partial charge in [0.1, 0.15) is 6.67 Å². The normalized spacial score (nSPS) is 15.8. The third kappa shape index (κ3) is 2.08. The van der Waals surface area contributed by atoms with E-state index in [1.165, 1.54) is 14.2 Å². The molecule has 0 aromatic carbocycles. The quantitative estimate of drug-likeness (QED) is 0.669. The highest BCUT2D eigenvalue weighted by Crippen LogP contribution is 2.22.